The summed E-state index contributed by atoms with van der Waals surface area (Å²) in [6.07, 6.45) is 0. The maximum atomic E-state index is 12.4. The third-order valence-corrected chi connectivity index (χ3v) is 1.40. The van der Waals surface area contributed by atoms with Crippen molar-refractivity contribution in [2.75, 3.05) is 0 Å². The Morgan fingerprint density at radius 2 is 1.90 bits per heavy atom. The van der Waals surface area contributed by atoms with Crippen molar-refractivity contribution in [2.45, 2.75) is 6.92 Å². The van der Waals surface area contributed by atoms with Crippen LogP contribution >= 0.6 is 11.6 Å². The lowest BCUT2D eigenvalue weighted by Gasteiger charge is -1.96. The third-order valence-electron chi connectivity index (χ3n) is 1.13. The molecule has 0 bridgehead atoms. The fraction of sp³-hybridized carbons (Fsp3) is 0.143. The molecule has 0 unspecified atom stereocenters. The summed E-state index contributed by atoms with van der Waals surface area (Å²) in [6.45, 7) is 1.65. The molecule has 0 aliphatic carbocycles. The molecule has 0 amide bonds. The van der Waals surface area contributed by atoms with Crippen LogP contribution in [0.2, 0.25) is 5.02 Å². The third kappa shape index (κ3) is 1.27. The van der Waals surface area contributed by atoms with E-state index in [4.69, 9.17) is 11.6 Å². The van der Waals surface area contributed by atoms with E-state index >= 15 is 0 Å². The van der Waals surface area contributed by atoms with E-state index in [0.29, 0.717) is 5.56 Å². The Kier molecular flexibility index (Phi) is 1.90. The van der Waals surface area contributed by atoms with Gasteiger partial charge in [-0.05, 0) is 24.6 Å². The van der Waals surface area contributed by atoms with Crippen molar-refractivity contribution in [3.8, 4) is 0 Å². The molecule has 0 aliphatic heterocycles. The molecule has 54 valence electrons. The highest BCUT2D eigenvalue weighted by Gasteiger charge is 2.05. The summed E-state index contributed by atoms with van der Waals surface area (Å²) >= 11 is 5.30. The Morgan fingerprint density at radius 1 is 1.30 bits per heavy atom. The summed E-state index contributed by atoms with van der Waals surface area (Å²) in [5.41, 5.74) is 0.615. The van der Waals surface area contributed by atoms with E-state index in [1.807, 2.05) is 0 Å². The van der Waals surface area contributed by atoms with Crippen molar-refractivity contribution in [1.29, 1.82) is 0 Å². The molecule has 1 aromatic rings. The predicted molar refractivity (Wildman–Crippen MR) is 36.1 cm³/mol. The van der Waals surface area contributed by atoms with Gasteiger partial charge in [-0.1, -0.05) is 11.6 Å². The molecular formula is C7H5ClF2. The molecule has 3 heteroatoms. The number of halogens is 3. The molecule has 0 spiro atoms. The van der Waals surface area contributed by atoms with Crippen LogP contribution in [0.3, 0.4) is 0 Å². The molecule has 0 atom stereocenters. The molecule has 10 heavy (non-hydrogen) atoms. The normalized spacial score (nSPS) is 10.0. The minimum absolute atomic E-state index is 0.169. The molecule has 1 aromatic carbocycles. The van der Waals surface area contributed by atoms with E-state index in [2.05, 4.69) is 0 Å². The highest BCUT2D eigenvalue weighted by atomic mass is 35.5. The van der Waals surface area contributed by atoms with Crippen molar-refractivity contribution < 1.29 is 8.78 Å². The van der Waals surface area contributed by atoms with Crippen LogP contribution in [0.1, 0.15) is 5.56 Å². The highest BCUT2D eigenvalue weighted by Crippen LogP contribution is 2.18. The Balaban J connectivity index is 3.31. The first kappa shape index (κ1) is 7.48. The zero-order valence-corrected chi connectivity index (χ0v) is 6.04. The zero-order chi connectivity index (χ0) is 7.72. The van der Waals surface area contributed by atoms with Gasteiger partial charge in [0.05, 0.1) is 5.02 Å². The van der Waals surface area contributed by atoms with Crippen molar-refractivity contribution in [1.82, 2.24) is 0 Å². The van der Waals surface area contributed by atoms with Gasteiger partial charge in [0.25, 0.3) is 0 Å². The van der Waals surface area contributed by atoms with Crippen LogP contribution in [0, 0.1) is 18.6 Å². The first-order valence-corrected chi connectivity index (χ1v) is 3.10. The van der Waals surface area contributed by atoms with Crippen molar-refractivity contribution in [2.24, 2.45) is 0 Å². The molecule has 0 saturated heterocycles. The van der Waals surface area contributed by atoms with Crippen LogP contribution in [0.25, 0.3) is 0 Å². The number of rotatable bonds is 0. The lowest BCUT2D eigenvalue weighted by atomic mass is 10.2. The Morgan fingerprint density at radius 3 is 2.40 bits per heavy atom. The Bertz CT molecular complexity index is 235. The Labute approximate surface area is 62.4 Å². The van der Waals surface area contributed by atoms with Gasteiger partial charge in [0, 0.05) is 0 Å². The van der Waals surface area contributed by atoms with Gasteiger partial charge in [-0.15, -0.1) is 0 Å². The van der Waals surface area contributed by atoms with Gasteiger partial charge in [-0.3, -0.25) is 0 Å². The zero-order valence-electron chi connectivity index (χ0n) is 5.29. The molecule has 1 rings (SSSR count). The van der Waals surface area contributed by atoms with E-state index in [1.165, 1.54) is 6.07 Å². The van der Waals surface area contributed by atoms with Gasteiger partial charge in [-0.2, -0.15) is 0 Å². The van der Waals surface area contributed by atoms with Crippen LogP contribution in [0.5, 0.6) is 0 Å². The van der Waals surface area contributed by atoms with Crippen LogP contribution in [0.4, 0.5) is 8.78 Å². The minimum atomic E-state index is -0.979. The lowest BCUT2D eigenvalue weighted by Crippen LogP contribution is -1.85. The molecule has 0 radical (unpaired) electrons. The van der Waals surface area contributed by atoms with Crippen molar-refractivity contribution in [3.63, 3.8) is 0 Å². The second kappa shape index (κ2) is 2.54. The van der Waals surface area contributed by atoms with Gasteiger partial charge in [-0.25, -0.2) is 8.78 Å². The second-order valence-electron chi connectivity index (χ2n) is 2.04. The molecule has 0 N–H and O–H groups in total. The van der Waals surface area contributed by atoms with Gasteiger partial charge >= 0.3 is 0 Å². The van der Waals surface area contributed by atoms with Crippen LogP contribution in [0.15, 0.2) is 12.1 Å². The SMILES string of the molecule is Cc1cc(F)c(F)c(Cl)c1. The minimum Gasteiger partial charge on any atom is -0.204 e. The lowest BCUT2D eigenvalue weighted by molar-refractivity contribution is 0.508. The summed E-state index contributed by atoms with van der Waals surface area (Å²) in [5, 5.41) is -0.169. The molecule has 0 saturated carbocycles. The fourth-order valence-corrected chi connectivity index (χ4v) is 0.945. The predicted octanol–water partition coefficient (Wildman–Crippen LogP) is 2.93. The summed E-state index contributed by atoms with van der Waals surface area (Å²) in [5.74, 6) is -1.88. The summed E-state index contributed by atoms with van der Waals surface area (Å²) < 4.78 is 24.8. The topological polar surface area (TPSA) is 0 Å². The summed E-state index contributed by atoms with van der Waals surface area (Å²) in [6, 6.07) is 2.47. The first-order valence-electron chi connectivity index (χ1n) is 2.72. The van der Waals surface area contributed by atoms with Gasteiger partial charge in [0.2, 0.25) is 0 Å². The van der Waals surface area contributed by atoms with Gasteiger partial charge in [0.1, 0.15) is 0 Å². The largest absolute Gasteiger partial charge is 0.204 e. The second-order valence-corrected chi connectivity index (χ2v) is 2.45. The average molecular weight is 163 g/mol. The van der Waals surface area contributed by atoms with Gasteiger partial charge in [0.15, 0.2) is 11.6 Å². The van der Waals surface area contributed by atoms with Crippen molar-refractivity contribution >= 4 is 11.6 Å². The maximum Gasteiger partial charge on any atom is 0.177 e. The first-order chi connectivity index (χ1) is 4.61. The number of aryl methyl sites for hydroxylation is 1. The van der Waals surface area contributed by atoms with E-state index in [0.717, 1.165) is 6.07 Å². The van der Waals surface area contributed by atoms with Crippen LogP contribution < -0.4 is 0 Å². The number of benzene rings is 1. The molecule has 0 nitrogen and oxygen atoms in total. The Hall–Kier alpha value is -0.630. The van der Waals surface area contributed by atoms with Gasteiger partial charge < -0.3 is 0 Å². The standard InChI is InChI=1S/C7H5ClF2/c1-4-2-5(8)7(10)6(9)3-4/h2-3H,1H3. The van der Waals surface area contributed by atoms with Crippen molar-refractivity contribution in [3.05, 3.63) is 34.4 Å². The van der Waals surface area contributed by atoms with E-state index < -0.39 is 11.6 Å². The highest BCUT2D eigenvalue weighted by molar-refractivity contribution is 6.30. The quantitative estimate of drug-likeness (QED) is 0.515. The fourth-order valence-electron chi connectivity index (χ4n) is 0.682. The number of hydrogen-bond donors (Lipinski definition) is 0. The molecule has 0 heterocycles. The van der Waals surface area contributed by atoms with E-state index in [1.54, 1.807) is 6.92 Å². The average Bonchev–Trinajstić information content (AvgIpc) is 1.82. The summed E-state index contributed by atoms with van der Waals surface area (Å²) in [4.78, 5) is 0. The van der Waals surface area contributed by atoms with Crippen LogP contribution in [-0.4, -0.2) is 0 Å². The monoisotopic (exact) mass is 162 g/mol. The molecule has 0 fully saturated rings. The number of hydrogen-bond acceptors (Lipinski definition) is 0. The van der Waals surface area contributed by atoms with Crippen LogP contribution in [-0.2, 0) is 0 Å². The molecular weight excluding hydrogens is 158 g/mol. The molecule has 0 aliphatic rings. The van der Waals surface area contributed by atoms with E-state index in [9.17, 15) is 8.78 Å². The van der Waals surface area contributed by atoms with E-state index in [-0.39, 0.29) is 5.02 Å². The smallest absolute Gasteiger partial charge is 0.177 e. The maximum absolute atomic E-state index is 12.4. The molecule has 0 aromatic heterocycles. The summed E-state index contributed by atoms with van der Waals surface area (Å²) in [7, 11) is 0.